The first kappa shape index (κ1) is 18.1. The Labute approximate surface area is 173 Å². The molecule has 0 spiro atoms. The lowest BCUT2D eigenvalue weighted by Crippen LogP contribution is -2.19. The molecular formula is C20H12BrClN2O2S. The number of hydrogen-bond donors (Lipinski definition) is 1. The Kier molecular flexibility index (Phi) is 5.20. The summed E-state index contributed by atoms with van der Waals surface area (Å²) >= 11 is 10.8. The van der Waals surface area contributed by atoms with E-state index in [4.69, 9.17) is 16.0 Å². The number of carbonyl (C=O) groups excluding carboxylic acids is 1. The van der Waals surface area contributed by atoms with Gasteiger partial charge in [-0.1, -0.05) is 51.8 Å². The van der Waals surface area contributed by atoms with Crippen LogP contribution in [-0.2, 0) is 4.79 Å². The predicted molar refractivity (Wildman–Crippen MR) is 114 cm³/mol. The van der Waals surface area contributed by atoms with Gasteiger partial charge < -0.3 is 9.73 Å². The Morgan fingerprint density at radius 2 is 1.85 bits per heavy atom. The van der Waals surface area contributed by atoms with Crippen LogP contribution >= 0.6 is 39.3 Å². The van der Waals surface area contributed by atoms with E-state index in [0.29, 0.717) is 26.5 Å². The number of amidine groups is 1. The van der Waals surface area contributed by atoms with Crippen LogP contribution in [0.4, 0.5) is 5.69 Å². The van der Waals surface area contributed by atoms with E-state index in [9.17, 15) is 4.79 Å². The molecule has 4 nitrogen and oxygen atoms in total. The summed E-state index contributed by atoms with van der Waals surface area (Å²) < 4.78 is 6.85. The van der Waals surface area contributed by atoms with Gasteiger partial charge in [0.25, 0.3) is 5.91 Å². The molecule has 2 aromatic carbocycles. The topological polar surface area (TPSA) is 54.6 Å². The van der Waals surface area contributed by atoms with Crippen molar-refractivity contribution >= 4 is 62.1 Å². The highest BCUT2D eigenvalue weighted by Gasteiger charge is 2.24. The minimum absolute atomic E-state index is 0.215. The summed E-state index contributed by atoms with van der Waals surface area (Å²) in [7, 11) is 0. The molecule has 0 atom stereocenters. The lowest BCUT2D eigenvalue weighted by Gasteiger charge is -1.98. The Hall–Kier alpha value is -2.28. The molecule has 7 heteroatoms. The van der Waals surface area contributed by atoms with Gasteiger partial charge >= 0.3 is 0 Å². The third kappa shape index (κ3) is 4.18. The molecule has 1 aliphatic heterocycles. The first-order chi connectivity index (χ1) is 13.1. The monoisotopic (exact) mass is 458 g/mol. The summed E-state index contributed by atoms with van der Waals surface area (Å²) in [5.74, 6) is 1.12. The molecule has 1 amide bonds. The molecule has 1 N–H and O–H groups in total. The van der Waals surface area contributed by atoms with Crippen molar-refractivity contribution < 1.29 is 9.21 Å². The van der Waals surface area contributed by atoms with Gasteiger partial charge in [-0.25, -0.2) is 4.99 Å². The number of nitrogens with one attached hydrogen (secondary N) is 1. The fourth-order valence-corrected chi connectivity index (χ4v) is 3.72. The van der Waals surface area contributed by atoms with Gasteiger partial charge in [-0.05, 0) is 48.2 Å². The zero-order valence-corrected chi connectivity index (χ0v) is 16.9. The van der Waals surface area contributed by atoms with Crippen LogP contribution < -0.4 is 5.32 Å². The molecular weight excluding hydrogens is 448 g/mol. The zero-order chi connectivity index (χ0) is 18.8. The number of aliphatic imine (C=N–C) groups is 1. The van der Waals surface area contributed by atoms with Crippen molar-refractivity contribution in [3.8, 4) is 11.3 Å². The van der Waals surface area contributed by atoms with Gasteiger partial charge in [0.15, 0.2) is 5.17 Å². The fourth-order valence-electron chi connectivity index (χ4n) is 2.46. The van der Waals surface area contributed by atoms with Crippen molar-refractivity contribution in [2.75, 3.05) is 0 Å². The van der Waals surface area contributed by atoms with Crippen molar-refractivity contribution in [1.29, 1.82) is 0 Å². The molecule has 2 heterocycles. The first-order valence-corrected chi connectivity index (χ1v) is 9.97. The second-order valence-corrected chi connectivity index (χ2v) is 8.00. The minimum Gasteiger partial charge on any atom is -0.457 e. The molecule has 0 saturated carbocycles. The van der Waals surface area contributed by atoms with Gasteiger partial charge in [0, 0.05) is 16.1 Å². The summed E-state index contributed by atoms with van der Waals surface area (Å²) in [6.07, 6.45) is 1.71. The smallest absolute Gasteiger partial charge is 0.264 e. The van der Waals surface area contributed by atoms with Crippen molar-refractivity contribution in [3.05, 3.63) is 80.8 Å². The maximum absolute atomic E-state index is 12.2. The van der Waals surface area contributed by atoms with Crippen LogP contribution in [-0.4, -0.2) is 11.1 Å². The van der Waals surface area contributed by atoms with Crippen LogP contribution in [0.3, 0.4) is 0 Å². The van der Waals surface area contributed by atoms with Crippen molar-refractivity contribution in [2.45, 2.75) is 0 Å². The number of furan rings is 1. The van der Waals surface area contributed by atoms with Gasteiger partial charge in [-0.3, -0.25) is 4.79 Å². The normalized spacial score (nSPS) is 16.9. The molecule has 0 radical (unpaired) electrons. The largest absolute Gasteiger partial charge is 0.457 e. The van der Waals surface area contributed by atoms with E-state index >= 15 is 0 Å². The standard InChI is InChI=1S/C20H12BrClN2O2S/c21-13-7-5-12(6-8-13)17-10-9-14(26-17)11-18-19(25)24-20(27-18)23-16-4-2-1-3-15(16)22/h1-11H,(H,23,24,25). The summed E-state index contributed by atoms with van der Waals surface area (Å²) in [5, 5.41) is 3.76. The molecule has 1 saturated heterocycles. The van der Waals surface area contributed by atoms with Crippen molar-refractivity contribution in [1.82, 2.24) is 5.32 Å². The molecule has 134 valence electrons. The first-order valence-electron chi connectivity index (χ1n) is 7.98. The second-order valence-electron chi connectivity index (χ2n) is 5.64. The third-order valence-electron chi connectivity index (χ3n) is 3.75. The number of nitrogens with zero attached hydrogens (tertiary/aromatic N) is 1. The fraction of sp³-hybridized carbons (Fsp3) is 0. The molecule has 1 fully saturated rings. The zero-order valence-electron chi connectivity index (χ0n) is 13.8. The molecule has 3 aromatic rings. The van der Waals surface area contributed by atoms with Crippen LogP contribution in [0.2, 0.25) is 5.02 Å². The van der Waals surface area contributed by atoms with E-state index in [-0.39, 0.29) is 5.91 Å². The number of benzene rings is 2. The highest BCUT2D eigenvalue weighted by Crippen LogP contribution is 2.32. The number of halogens is 2. The molecule has 1 aliphatic rings. The lowest BCUT2D eigenvalue weighted by molar-refractivity contribution is -0.115. The lowest BCUT2D eigenvalue weighted by atomic mass is 10.2. The highest BCUT2D eigenvalue weighted by molar-refractivity contribution is 9.10. The Morgan fingerprint density at radius 1 is 1.07 bits per heavy atom. The number of para-hydroxylation sites is 1. The van der Waals surface area contributed by atoms with Gasteiger partial charge in [-0.15, -0.1) is 0 Å². The van der Waals surface area contributed by atoms with Crippen LogP contribution in [0.25, 0.3) is 17.4 Å². The second kappa shape index (κ2) is 7.76. The molecule has 0 bridgehead atoms. The number of amides is 1. The van der Waals surface area contributed by atoms with E-state index in [1.807, 2.05) is 48.5 Å². The number of thioether (sulfide) groups is 1. The minimum atomic E-state index is -0.215. The van der Waals surface area contributed by atoms with Gasteiger partial charge in [0.1, 0.15) is 11.5 Å². The molecule has 0 aliphatic carbocycles. The number of rotatable bonds is 3. The van der Waals surface area contributed by atoms with E-state index in [2.05, 4.69) is 26.2 Å². The van der Waals surface area contributed by atoms with Crippen molar-refractivity contribution in [2.24, 2.45) is 4.99 Å². The quantitative estimate of drug-likeness (QED) is 0.471. The SMILES string of the molecule is O=C1NC(=Nc2ccccc2Cl)SC1=Cc1ccc(-c2ccc(Br)cc2)o1. The predicted octanol–water partition coefficient (Wildman–Crippen LogP) is 6.25. The van der Waals surface area contributed by atoms with E-state index < -0.39 is 0 Å². The summed E-state index contributed by atoms with van der Waals surface area (Å²) in [6.45, 7) is 0. The van der Waals surface area contributed by atoms with Gasteiger partial charge in [0.05, 0.1) is 15.6 Å². The number of hydrogen-bond acceptors (Lipinski definition) is 4. The molecule has 0 unspecified atom stereocenters. The summed E-state index contributed by atoms with van der Waals surface area (Å²) in [5.41, 5.74) is 1.58. The van der Waals surface area contributed by atoms with E-state index in [1.165, 1.54) is 11.8 Å². The summed E-state index contributed by atoms with van der Waals surface area (Å²) in [4.78, 5) is 17.1. The average Bonchev–Trinajstić information content (AvgIpc) is 3.25. The Balaban J connectivity index is 1.55. The molecule has 4 rings (SSSR count). The van der Waals surface area contributed by atoms with Gasteiger partial charge in [0.2, 0.25) is 0 Å². The van der Waals surface area contributed by atoms with Crippen molar-refractivity contribution in [3.63, 3.8) is 0 Å². The molecule has 1 aromatic heterocycles. The Bertz CT molecular complexity index is 1070. The Morgan fingerprint density at radius 3 is 2.63 bits per heavy atom. The van der Waals surface area contributed by atoms with Crippen LogP contribution in [0.15, 0.2) is 79.5 Å². The van der Waals surface area contributed by atoms with Crippen LogP contribution in [0.5, 0.6) is 0 Å². The van der Waals surface area contributed by atoms with Crippen LogP contribution in [0, 0.1) is 0 Å². The third-order valence-corrected chi connectivity index (χ3v) is 5.51. The average molecular weight is 460 g/mol. The van der Waals surface area contributed by atoms with Crippen LogP contribution in [0.1, 0.15) is 5.76 Å². The number of carbonyl (C=O) groups is 1. The molecule has 27 heavy (non-hydrogen) atoms. The maximum Gasteiger partial charge on any atom is 0.264 e. The summed E-state index contributed by atoms with van der Waals surface area (Å²) in [6, 6.07) is 18.8. The highest BCUT2D eigenvalue weighted by atomic mass is 79.9. The van der Waals surface area contributed by atoms with E-state index in [1.54, 1.807) is 18.2 Å². The van der Waals surface area contributed by atoms with Gasteiger partial charge in [-0.2, -0.15) is 0 Å². The van der Waals surface area contributed by atoms with E-state index in [0.717, 1.165) is 15.8 Å². The maximum atomic E-state index is 12.2.